The molecule has 4 amide bonds. The van der Waals surface area contributed by atoms with Gasteiger partial charge in [-0.25, -0.2) is 14.1 Å². The molecule has 1 fully saturated rings. The number of amides is 4. The highest BCUT2D eigenvalue weighted by Crippen LogP contribution is 2.33. The van der Waals surface area contributed by atoms with Crippen molar-refractivity contribution in [1.29, 1.82) is 0 Å². The molecule has 2 aromatic carbocycles. The van der Waals surface area contributed by atoms with Gasteiger partial charge in [0.05, 0.1) is 10.2 Å². The molecule has 0 atom stereocenters. The third-order valence-corrected chi connectivity index (χ3v) is 4.94. The number of halogens is 2. The summed E-state index contributed by atoms with van der Waals surface area (Å²) in [5.41, 5.74) is 1.24. The van der Waals surface area contributed by atoms with E-state index in [1.807, 2.05) is 0 Å². The number of benzene rings is 2. The van der Waals surface area contributed by atoms with Crippen molar-refractivity contribution in [3.8, 4) is 5.75 Å². The fourth-order valence-corrected chi connectivity index (χ4v) is 3.65. The molecule has 1 heterocycles. The van der Waals surface area contributed by atoms with Crippen LogP contribution in [-0.4, -0.2) is 24.5 Å². The summed E-state index contributed by atoms with van der Waals surface area (Å²) >= 11 is 3.45. The van der Waals surface area contributed by atoms with Gasteiger partial charge in [-0.1, -0.05) is 18.7 Å². The number of rotatable bonds is 7. The summed E-state index contributed by atoms with van der Waals surface area (Å²) in [5.74, 6) is -1.54. The number of anilines is 1. The summed E-state index contributed by atoms with van der Waals surface area (Å²) in [4.78, 5) is 38.4. The Hall–Kier alpha value is -3.52. The maximum Gasteiger partial charge on any atom is 0.335 e. The van der Waals surface area contributed by atoms with Crippen LogP contribution in [0.15, 0.2) is 71.8 Å². The molecule has 0 aromatic heterocycles. The first-order valence-electron chi connectivity index (χ1n) is 9.19. The highest BCUT2D eigenvalue weighted by Gasteiger charge is 2.36. The first-order chi connectivity index (χ1) is 14.8. The van der Waals surface area contributed by atoms with Gasteiger partial charge in [-0.05, 0) is 76.0 Å². The zero-order valence-corrected chi connectivity index (χ0v) is 17.9. The Balaban J connectivity index is 2.02. The number of nitrogens with one attached hydrogen (secondary N) is 1. The van der Waals surface area contributed by atoms with E-state index in [0.29, 0.717) is 28.8 Å². The standard InChI is InChI=1S/C23H18BrFN2O4/c1-3-5-15-11-14(13-19(24)20(15)31-10-4-2)12-18-21(28)26-23(30)27(22(18)29)17-8-6-16(25)7-9-17/h3-4,6-9,11-13H,1-2,5,10H2,(H,26,28,30)/b18-12+. The fraction of sp³-hybridized carbons (Fsp3) is 0.0870. The molecular formula is C23H18BrFN2O4. The lowest BCUT2D eigenvalue weighted by atomic mass is 10.0. The maximum atomic E-state index is 13.2. The van der Waals surface area contributed by atoms with Gasteiger partial charge in [0.2, 0.25) is 0 Å². The lowest BCUT2D eigenvalue weighted by Gasteiger charge is -2.26. The van der Waals surface area contributed by atoms with Gasteiger partial charge < -0.3 is 4.74 Å². The van der Waals surface area contributed by atoms with E-state index in [9.17, 15) is 18.8 Å². The molecular weight excluding hydrogens is 467 g/mol. The normalized spacial score (nSPS) is 15.1. The van der Waals surface area contributed by atoms with Crippen molar-refractivity contribution in [3.63, 3.8) is 0 Å². The van der Waals surface area contributed by atoms with E-state index >= 15 is 0 Å². The molecule has 2 aromatic rings. The first kappa shape index (κ1) is 22.2. The lowest BCUT2D eigenvalue weighted by Crippen LogP contribution is -2.54. The van der Waals surface area contributed by atoms with Gasteiger partial charge in [0, 0.05) is 0 Å². The highest BCUT2D eigenvalue weighted by molar-refractivity contribution is 9.10. The van der Waals surface area contributed by atoms with Crippen LogP contribution in [0.5, 0.6) is 5.75 Å². The van der Waals surface area contributed by atoms with Crippen molar-refractivity contribution >= 4 is 45.5 Å². The molecule has 6 nitrogen and oxygen atoms in total. The number of barbiturate groups is 1. The van der Waals surface area contributed by atoms with E-state index in [-0.39, 0.29) is 11.3 Å². The van der Waals surface area contributed by atoms with Crippen LogP contribution in [0.1, 0.15) is 11.1 Å². The molecule has 0 unspecified atom stereocenters. The minimum atomic E-state index is -0.902. The number of hydrogen-bond donors (Lipinski definition) is 1. The molecule has 31 heavy (non-hydrogen) atoms. The van der Waals surface area contributed by atoms with E-state index in [4.69, 9.17) is 4.74 Å². The zero-order chi connectivity index (χ0) is 22.5. The Labute approximate surface area is 186 Å². The van der Waals surface area contributed by atoms with Crippen LogP contribution < -0.4 is 15.0 Å². The van der Waals surface area contributed by atoms with Crippen molar-refractivity contribution in [1.82, 2.24) is 5.32 Å². The van der Waals surface area contributed by atoms with Gasteiger partial charge in [-0.2, -0.15) is 0 Å². The number of nitrogens with zero attached hydrogens (tertiary/aromatic N) is 1. The Bertz CT molecular complexity index is 1110. The summed E-state index contributed by atoms with van der Waals surface area (Å²) in [5, 5.41) is 2.14. The van der Waals surface area contributed by atoms with E-state index in [0.717, 1.165) is 22.6 Å². The van der Waals surface area contributed by atoms with Gasteiger partial charge in [0.25, 0.3) is 11.8 Å². The van der Waals surface area contributed by atoms with Crippen molar-refractivity contribution < 1.29 is 23.5 Å². The Morgan fingerprint density at radius 1 is 1.10 bits per heavy atom. The molecule has 1 aliphatic rings. The maximum absolute atomic E-state index is 13.2. The third-order valence-electron chi connectivity index (χ3n) is 4.35. The number of imide groups is 2. The van der Waals surface area contributed by atoms with Crippen LogP contribution in [0.4, 0.5) is 14.9 Å². The summed E-state index contributed by atoms with van der Waals surface area (Å²) in [6, 6.07) is 7.36. The van der Waals surface area contributed by atoms with Crippen LogP contribution in [-0.2, 0) is 16.0 Å². The zero-order valence-electron chi connectivity index (χ0n) is 16.4. The summed E-state index contributed by atoms with van der Waals surface area (Å²) in [7, 11) is 0. The number of allylic oxidation sites excluding steroid dienone is 1. The van der Waals surface area contributed by atoms with Crippen LogP contribution in [0.25, 0.3) is 6.08 Å². The quantitative estimate of drug-likeness (QED) is 0.355. The van der Waals surface area contributed by atoms with Gasteiger partial charge in [-0.3, -0.25) is 14.9 Å². The molecule has 1 N–H and O–H groups in total. The molecule has 0 saturated carbocycles. The molecule has 1 aliphatic heterocycles. The van der Waals surface area contributed by atoms with E-state index < -0.39 is 23.7 Å². The van der Waals surface area contributed by atoms with Crippen LogP contribution in [0.2, 0.25) is 0 Å². The molecule has 0 spiro atoms. The van der Waals surface area contributed by atoms with Gasteiger partial charge >= 0.3 is 6.03 Å². The Kier molecular flexibility index (Phi) is 6.81. The highest BCUT2D eigenvalue weighted by atomic mass is 79.9. The van der Waals surface area contributed by atoms with Crippen molar-refractivity contribution in [2.45, 2.75) is 6.42 Å². The number of ether oxygens (including phenoxy) is 1. The Morgan fingerprint density at radius 2 is 1.81 bits per heavy atom. The average molecular weight is 485 g/mol. The molecule has 1 saturated heterocycles. The van der Waals surface area contributed by atoms with Crippen molar-refractivity contribution in [2.75, 3.05) is 11.5 Å². The van der Waals surface area contributed by atoms with Crippen LogP contribution >= 0.6 is 15.9 Å². The molecule has 0 bridgehead atoms. The Morgan fingerprint density at radius 3 is 2.45 bits per heavy atom. The lowest BCUT2D eigenvalue weighted by molar-refractivity contribution is -0.122. The van der Waals surface area contributed by atoms with Gasteiger partial charge in [0.1, 0.15) is 23.7 Å². The minimum absolute atomic E-state index is 0.143. The smallest absolute Gasteiger partial charge is 0.335 e. The number of carbonyl (C=O) groups is 3. The van der Waals surface area contributed by atoms with E-state index in [2.05, 4.69) is 34.4 Å². The third kappa shape index (κ3) is 4.80. The molecule has 0 aliphatic carbocycles. The number of carbonyl (C=O) groups excluding carboxylic acids is 3. The van der Waals surface area contributed by atoms with E-state index in [1.165, 1.54) is 18.2 Å². The largest absolute Gasteiger partial charge is 0.488 e. The number of urea groups is 1. The summed E-state index contributed by atoms with van der Waals surface area (Å²) < 4.78 is 19.5. The number of hydrogen-bond acceptors (Lipinski definition) is 4. The second-order valence-electron chi connectivity index (χ2n) is 6.52. The predicted molar refractivity (Wildman–Crippen MR) is 119 cm³/mol. The topological polar surface area (TPSA) is 75.7 Å². The monoisotopic (exact) mass is 484 g/mol. The average Bonchev–Trinajstić information content (AvgIpc) is 2.72. The molecule has 0 radical (unpaired) electrons. The van der Waals surface area contributed by atoms with Crippen LogP contribution in [0.3, 0.4) is 0 Å². The first-order valence-corrected chi connectivity index (χ1v) is 9.99. The second kappa shape index (κ2) is 9.53. The van der Waals surface area contributed by atoms with Gasteiger partial charge in [-0.15, -0.1) is 6.58 Å². The fourth-order valence-electron chi connectivity index (χ4n) is 3.02. The van der Waals surface area contributed by atoms with Gasteiger partial charge in [0.15, 0.2) is 0 Å². The van der Waals surface area contributed by atoms with Crippen LogP contribution in [0, 0.1) is 5.82 Å². The minimum Gasteiger partial charge on any atom is -0.488 e. The SMILES string of the molecule is C=CCOc1c(Br)cc(/C=C2\C(=O)NC(=O)N(c3ccc(F)cc3)C2=O)cc1CC=C. The molecule has 3 rings (SSSR count). The molecule has 8 heteroatoms. The van der Waals surface area contributed by atoms with E-state index in [1.54, 1.807) is 24.3 Å². The van der Waals surface area contributed by atoms with Crippen molar-refractivity contribution in [3.05, 3.63) is 88.7 Å². The summed E-state index contributed by atoms with van der Waals surface area (Å²) in [6.07, 6.45) is 5.19. The van der Waals surface area contributed by atoms with Crippen molar-refractivity contribution in [2.24, 2.45) is 0 Å². The summed E-state index contributed by atoms with van der Waals surface area (Å²) in [6.45, 7) is 7.67. The molecule has 158 valence electrons. The second-order valence-corrected chi connectivity index (χ2v) is 7.37. The predicted octanol–water partition coefficient (Wildman–Crippen LogP) is 4.55.